The molecule has 0 aliphatic carbocycles. The Morgan fingerprint density at radius 1 is 0.888 bits per heavy atom. The number of amides is 6. The number of carbonyl (C=O) groups excluding carboxylic acids is 6. The number of ether oxygens (including phenoxy) is 6. The summed E-state index contributed by atoms with van der Waals surface area (Å²) in [5.74, 6) is -1.96. The average Bonchev–Trinajstić information content (AvgIpc) is 0.934. The number of hydrogen-bond donors (Lipinski definition) is 11. The van der Waals surface area contributed by atoms with Gasteiger partial charge < -0.3 is 95.7 Å². The Balaban J connectivity index is 0.969. The molecular weight excluding hydrogens is 1330 g/mol. The number of aliphatic hydroxyl groups excluding tert-OH is 3. The second kappa shape index (κ2) is 39.4. The van der Waals surface area contributed by atoms with Gasteiger partial charge in [-0.1, -0.05) is 66.0 Å². The van der Waals surface area contributed by atoms with Gasteiger partial charge in [-0.25, -0.2) is 4.79 Å². The van der Waals surface area contributed by atoms with Crippen molar-refractivity contribution in [1.82, 2.24) is 41.7 Å². The van der Waals surface area contributed by atoms with Crippen molar-refractivity contribution >= 4 is 74.7 Å². The number of hydrogen-bond acceptors (Lipinski definition) is 23. The number of azide groups is 1. The molecule has 5 heterocycles. The van der Waals surface area contributed by atoms with Crippen molar-refractivity contribution in [2.24, 2.45) is 22.9 Å². The summed E-state index contributed by atoms with van der Waals surface area (Å²) in [6.45, 7) is 17.6. The van der Waals surface area contributed by atoms with E-state index >= 15 is 0 Å². The summed E-state index contributed by atoms with van der Waals surface area (Å²) < 4.78 is 38.2. The maximum Gasteiger partial charge on any atom is 0.315 e. The molecule has 6 amide bonds. The molecule has 6 rings (SSSR count). The largest absolute Gasteiger partial charge is 0.459 e. The third-order valence-electron chi connectivity index (χ3n) is 19.8. The molecule has 0 aromatic heterocycles. The first-order valence-electron chi connectivity index (χ1n) is 34.9. The molecule has 0 bridgehead atoms. The molecule has 5 aliphatic heterocycles. The van der Waals surface area contributed by atoms with Crippen molar-refractivity contribution < 1.29 is 82.7 Å². The molecule has 98 heavy (non-hydrogen) atoms. The normalized spacial score (nSPS) is 34.5. The number of fused-ring (bicyclic) bond motifs is 1. The Morgan fingerprint density at radius 3 is 2.28 bits per heavy atom. The van der Waals surface area contributed by atoms with Crippen LogP contribution in [0.4, 0.5) is 10.5 Å². The number of aliphatic hydroxyl groups is 5. The smallest absolute Gasteiger partial charge is 0.315 e. The number of cyclic esters (lactones) is 1. The number of carbonyl (C=O) groups is 6. The third-order valence-corrected chi connectivity index (χ3v) is 23.7. The predicted octanol–water partition coefficient (Wildman–Crippen LogP) is 5.03. The number of likely N-dealkylation sites (N-methyl/N-ethyl adjacent to an activating group) is 2. The summed E-state index contributed by atoms with van der Waals surface area (Å²) in [6.07, 6.45) is -4.30. The fourth-order valence-corrected chi connectivity index (χ4v) is 17.5. The molecule has 4 unspecified atom stereocenters. The highest BCUT2D eigenvalue weighted by Gasteiger charge is 2.53. The Kier molecular flexibility index (Phi) is 33.2. The lowest BCUT2D eigenvalue weighted by Gasteiger charge is -2.49. The average molecular weight is 1440 g/mol. The Bertz CT molecular complexity index is 2760. The predicted molar refractivity (Wildman–Crippen MR) is 376 cm³/mol. The number of nitrogens with zero attached hydrogens (tertiary/aromatic N) is 5. The van der Waals surface area contributed by atoms with Crippen LogP contribution in [0.2, 0.25) is 0 Å². The van der Waals surface area contributed by atoms with Crippen LogP contribution >= 0.6 is 33.3 Å². The van der Waals surface area contributed by atoms with Gasteiger partial charge in [-0.2, -0.15) is 11.8 Å². The molecule has 556 valence electrons. The van der Waals surface area contributed by atoms with Crippen molar-refractivity contribution in [2.75, 3.05) is 77.7 Å². The maximum absolute atomic E-state index is 14.5. The molecule has 21 atom stereocenters. The number of β-amino-alcohol motifs (C(OH)–C–C–N with tert-alkyl or cyclic N) is 1. The molecule has 1 aromatic rings. The number of unbranched alkanes of at least 4 members (excludes halogenated alkanes) is 2. The highest BCUT2D eigenvalue weighted by atomic mass is 33.1. The summed E-state index contributed by atoms with van der Waals surface area (Å²) in [4.78, 5) is 85.4. The number of urea groups is 1. The van der Waals surface area contributed by atoms with Gasteiger partial charge >= 0.3 is 12.0 Å². The van der Waals surface area contributed by atoms with Crippen LogP contribution < -0.4 is 31.9 Å². The lowest BCUT2D eigenvalue weighted by atomic mass is 9.77. The first kappa shape index (κ1) is 82.7. The van der Waals surface area contributed by atoms with Crippen LogP contribution in [0.5, 0.6) is 0 Å². The number of esters is 1. The van der Waals surface area contributed by atoms with Crippen LogP contribution in [0.15, 0.2) is 29.4 Å². The van der Waals surface area contributed by atoms with Gasteiger partial charge in [0.1, 0.15) is 30.0 Å². The summed E-state index contributed by atoms with van der Waals surface area (Å²) >= 11 is 1.85. The third kappa shape index (κ3) is 24.2. The van der Waals surface area contributed by atoms with Gasteiger partial charge in [0.05, 0.1) is 59.7 Å². The molecule has 5 aliphatic rings. The van der Waals surface area contributed by atoms with Crippen LogP contribution in [-0.2, 0) is 47.6 Å². The van der Waals surface area contributed by atoms with Crippen molar-refractivity contribution in [3.8, 4) is 0 Å². The lowest BCUT2D eigenvalue weighted by molar-refractivity contribution is -0.318. The zero-order valence-corrected chi connectivity index (χ0v) is 61.8. The van der Waals surface area contributed by atoms with E-state index in [-0.39, 0.29) is 79.5 Å². The first-order chi connectivity index (χ1) is 46.4. The monoisotopic (exact) mass is 1440 g/mol. The van der Waals surface area contributed by atoms with Crippen molar-refractivity contribution in [3.05, 3.63) is 40.3 Å². The van der Waals surface area contributed by atoms with Gasteiger partial charge in [-0.3, -0.25) is 24.0 Å². The second-order valence-electron chi connectivity index (χ2n) is 28.2. The molecule has 28 nitrogen and oxygen atoms in total. The summed E-state index contributed by atoms with van der Waals surface area (Å²) in [7, 11) is 8.17. The van der Waals surface area contributed by atoms with E-state index in [0.29, 0.717) is 93.7 Å². The molecule has 31 heteroatoms. The first-order valence-corrected chi connectivity index (χ1v) is 38.4. The van der Waals surface area contributed by atoms with E-state index in [1.54, 1.807) is 48.6 Å². The van der Waals surface area contributed by atoms with Gasteiger partial charge in [0.25, 0.3) is 5.91 Å². The van der Waals surface area contributed by atoms with Gasteiger partial charge in [0, 0.05) is 110 Å². The molecule has 0 spiro atoms. The van der Waals surface area contributed by atoms with Gasteiger partial charge in [-0.15, -0.1) is 0 Å². The van der Waals surface area contributed by atoms with Crippen LogP contribution in [0.25, 0.3) is 10.4 Å². The fourth-order valence-electron chi connectivity index (χ4n) is 14.1. The Labute approximate surface area is 590 Å². The molecular formula is C67H113N11O17S3. The number of methoxy groups -OCH3 is 1. The van der Waals surface area contributed by atoms with Gasteiger partial charge in [0.15, 0.2) is 12.6 Å². The Morgan fingerprint density at radius 2 is 1.58 bits per heavy atom. The van der Waals surface area contributed by atoms with E-state index in [9.17, 15) is 54.3 Å². The minimum atomic E-state index is -1.84. The molecule has 5 fully saturated rings. The topological polar surface area (TPSA) is 386 Å². The fraction of sp³-hybridized carbons (Fsp3) is 0.821. The second-order valence-corrected chi connectivity index (χ2v) is 32.1. The van der Waals surface area contributed by atoms with Crippen LogP contribution in [0, 0.1) is 17.8 Å². The van der Waals surface area contributed by atoms with Crippen molar-refractivity contribution in [3.63, 3.8) is 0 Å². The van der Waals surface area contributed by atoms with E-state index in [2.05, 4.69) is 41.9 Å². The van der Waals surface area contributed by atoms with Crippen molar-refractivity contribution in [2.45, 2.75) is 253 Å². The van der Waals surface area contributed by atoms with Gasteiger partial charge in [0.2, 0.25) is 17.7 Å². The Hall–Kier alpha value is -4.28. The minimum Gasteiger partial charge on any atom is -0.459 e. The molecule has 0 radical (unpaired) electrons. The molecule has 1 aromatic carbocycles. The number of nitrogens with one attached hydrogen (secondary N) is 6. The number of thioether (sulfide) groups is 1. The molecule has 11 N–H and O–H groups in total. The highest BCUT2D eigenvalue weighted by Crippen LogP contribution is 2.41. The number of benzene rings is 1. The van der Waals surface area contributed by atoms with Crippen LogP contribution in [0.1, 0.15) is 156 Å². The quantitative estimate of drug-likeness (QED) is 0.00857. The standard InChI is InChI=1S/C67H113N11O17S3/c1-13-51-67(9,89)50(79)37-77(10)36-39(2)34-65(7,88)59(41(4)57(42(5)62(86)93-51)94-54-35-66(8,90-12)58(83)43(6)92-54)95-63-56(82)48(33-40(3)91-63)78(11)30-18-28-70-53(81)26-31-97-98-32-29-71-61(85)46(72-60(84)44-22-24-45(25-23-44)75-76-68)19-16-17-27-69-52(80)21-15-14-20-49-55-47(38-96-49)73-64(87)74-55/h22-25,39-43,46-51,54-59,63,79,82-83,88-89H,13-21,26-38H2,1-12H3,(H,69,80)(H,70,81)(H,71,85)(H,72,84)(H2,73,74,87)/t39-,40-,41+,42-,43+,46?,47?,48+,49?,50-,51-,54+,55?,56-,57+,58+,59-,63+,65-,66-,67+/m1/s1. The minimum absolute atomic E-state index is 0.0379. The maximum atomic E-state index is 14.5. The molecule has 0 saturated carbocycles. The molecule has 5 saturated heterocycles. The van der Waals surface area contributed by atoms with Crippen LogP contribution in [-0.4, -0.2) is 256 Å². The zero-order valence-electron chi connectivity index (χ0n) is 59.4. The highest BCUT2D eigenvalue weighted by molar-refractivity contribution is 8.76. The van der Waals surface area contributed by atoms with Crippen LogP contribution in [0.3, 0.4) is 0 Å². The van der Waals surface area contributed by atoms with Gasteiger partial charge in [-0.05, 0) is 144 Å². The van der Waals surface area contributed by atoms with E-state index < -0.39 is 114 Å². The van der Waals surface area contributed by atoms with Crippen molar-refractivity contribution in [1.29, 1.82) is 0 Å². The van der Waals surface area contributed by atoms with E-state index in [1.807, 2.05) is 42.5 Å². The summed E-state index contributed by atoms with van der Waals surface area (Å²) in [5, 5.41) is 81.0. The van der Waals surface area contributed by atoms with E-state index in [4.69, 9.17) is 34.0 Å². The zero-order chi connectivity index (χ0) is 72.1. The SMILES string of the molecule is CC[C@H]1OC(=O)[C@H](C)[C@@H](O[C@H]2C[C@@](C)(OC)[C@@H](O)[C@H](C)O2)[C@H](C)[C@@H](O[C@@H]2O[C@H](C)C[C@H](N(C)CCCNC(=O)CCSSCCNC(=O)C(CCCCNC(=O)CCCCC3SCC4NC(=O)NC43)NC(=O)c3ccc(N=[N+]=[N-])cc3)[C@H]2O)[C@](C)(O)C[C@@H](C)CN(C)C[C@@H](O)[C@]1(C)O. The summed E-state index contributed by atoms with van der Waals surface area (Å²) in [5.41, 5.74) is 4.82. The van der Waals surface area contributed by atoms with E-state index in [0.717, 1.165) is 25.0 Å². The lowest BCUT2D eigenvalue weighted by Crippen LogP contribution is -2.61. The summed E-state index contributed by atoms with van der Waals surface area (Å²) in [6, 6.07) is 4.91. The number of rotatable bonds is 32. The van der Waals surface area contributed by atoms with E-state index in [1.165, 1.54) is 59.9 Å².